The number of aromatic nitrogens is 2. The first-order valence-electron chi connectivity index (χ1n) is 4.84. The maximum absolute atomic E-state index is 12.8. The maximum atomic E-state index is 12.8. The first-order valence-corrected chi connectivity index (χ1v) is 5.51. The minimum Gasteiger partial charge on any atom is -0.479 e. The van der Waals surface area contributed by atoms with E-state index in [-0.39, 0.29) is 36.2 Å². The molecule has 0 aliphatic heterocycles. The number of fused-ring (bicyclic) bond motifs is 1. The van der Waals surface area contributed by atoms with E-state index >= 15 is 0 Å². The molecule has 2 aromatic heterocycles. The third kappa shape index (κ3) is 2.45. The molecule has 0 fully saturated rings. The van der Waals surface area contributed by atoms with Gasteiger partial charge in [-0.15, -0.1) is 3.89 Å². The van der Waals surface area contributed by atoms with Crippen molar-refractivity contribution in [1.82, 2.24) is 8.96 Å². The molecule has 4 nitrogen and oxygen atoms in total. The van der Waals surface area contributed by atoms with Crippen LogP contribution in [0, 0.1) is 0 Å². The second kappa shape index (κ2) is 5.70. The van der Waals surface area contributed by atoms with Crippen molar-refractivity contribution in [2.24, 2.45) is 0 Å². The Labute approximate surface area is 116 Å². The fourth-order valence-corrected chi connectivity index (χ4v) is 2.13. The summed E-state index contributed by atoms with van der Waals surface area (Å²) in [5.41, 5.74) is -1.54. The number of aldehydes is 1. The smallest absolute Gasteiger partial charge is 0.418 e. The zero-order valence-corrected chi connectivity index (χ0v) is 10.2. The molecule has 0 aromatic carbocycles. The molecule has 0 saturated carbocycles. The van der Waals surface area contributed by atoms with E-state index in [4.69, 9.17) is 4.74 Å². The van der Waals surface area contributed by atoms with E-state index in [0.29, 0.717) is 10.2 Å². The number of hydrogen-bond acceptors (Lipinski definition) is 4. The molecule has 110 valence electrons. The minimum atomic E-state index is -4.66. The van der Waals surface area contributed by atoms with Gasteiger partial charge in [-0.25, -0.2) is 8.96 Å². The molecular weight excluding hydrogens is 300 g/mol. The number of carbonyl (C=O) groups excluding carboxylic acids is 1. The third-order valence-electron chi connectivity index (χ3n) is 2.48. The quantitative estimate of drug-likeness (QED) is 0.637. The summed E-state index contributed by atoms with van der Waals surface area (Å²) < 4.78 is 56.8. The van der Waals surface area contributed by atoms with Crippen molar-refractivity contribution >= 4 is 29.5 Å². The average molecular weight is 310 g/mol. The zero-order chi connectivity index (χ0) is 14.2. The molecule has 0 aliphatic rings. The van der Waals surface area contributed by atoms with Crippen molar-refractivity contribution in [3.8, 4) is 5.88 Å². The topological polar surface area (TPSA) is 44.1 Å². The van der Waals surface area contributed by atoms with E-state index in [1.165, 1.54) is 7.11 Å². The van der Waals surface area contributed by atoms with Gasteiger partial charge >= 0.3 is 6.18 Å². The number of alkyl halides is 3. The Morgan fingerprint density at radius 3 is 2.55 bits per heavy atom. The molecular formula is C11H10F4N2O2S. The first kappa shape index (κ1) is 16.3. The Balaban J connectivity index is 0.00000200. The molecule has 0 saturated heterocycles. The summed E-state index contributed by atoms with van der Waals surface area (Å²) in [6.07, 6.45) is -3.82. The maximum Gasteiger partial charge on any atom is 0.418 e. The normalized spacial score (nSPS) is 11.2. The minimum absolute atomic E-state index is 0. The Bertz CT molecular complexity index is 639. The summed E-state index contributed by atoms with van der Waals surface area (Å²) in [7, 11) is 1.19. The second-order valence-electron chi connectivity index (χ2n) is 3.49. The Kier molecular flexibility index (Phi) is 4.64. The van der Waals surface area contributed by atoms with Crippen molar-refractivity contribution in [2.75, 3.05) is 7.11 Å². The van der Waals surface area contributed by atoms with Gasteiger partial charge in [0.15, 0.2) is 18.6 Å². The molecule has 0 N–H and O–H groups in total. The fraction of sp³-hybridized carbons (Fsp3) is 0.273. The van der Waals surface area contributed by atoms with Gasteiger partial charge in [0.2, 0.25) is 5.88 Å². The molecule has 0 spiro atoms. The number of carbonyl (C=O) groups is 1. The van der Waals surface area contributed by atoms with Crippen LogP contribution in [0.2, 0.25) is 0 Å². The highest BCUT2D eigenvalue weighted by atomic mass is 32.2. The van der Waals surface area contributed by atoms with Gasteiger partial charge in [-0.1, -0.05) is 7.43 Å². The summed E-state index contributed by atoms with van der Waals surface area (Å²) in [6.45, 7) is 0. The van der Waals surface area contributed by atoms with E-state index in [1.807, 2.05) is 0 Å². The lowest BCUT2D eigenvalue weighted by atomic mass is 10.1. The molecule has 0 amide bonds. The van der Waals surface area contributed by atoms with Gasteiger partial charge < -0.3 is 4.74 Å². The molecule has 0 aliphatic carbocycles. The zero-order valence-electron chi connectivity index (χ0n) is 9.36. The highest BCUT2D eigenvalue weighted by Gasteiger charge is 2.35. The summed E-state index contributed by atoms with van der Waals surface area (Å²) in [5, 5.41) is -0.341. The Hall–Kier alpha value is -1.77. The summed E-state index contributed by atoms with van der Waals surface area (Å²) in [5.74, 6) is -0.193. The van der Waals surface area contributed by atoms with Crippen molar-refractivity contribution in [2.45, 2.75) is 13.6 Å². The van der Waals surface area contributed by atoms with Crippen LogP contribution in [0.15, 0.2) is 12.3 Å². The van der Waals surface area contributed by atoms with Gasteiger partial charge in [-0.2, -0.15) is 13.2 Å². The number of methoxy groups -OCH3 is 1. The second-order valence-corrected chi connectivity index (χ2v) is 3.99. The summed E-state index contributed by atoms with van der Waals surface area (Å²) in [4.78, 5) is 14.3. The van der Waals surface area contributed by atoms with Crippen molar-refractivity contribution in [3.05, 3.63) is 23.5 Å². The third-order valence-corrected chi connectivity index (χ3v) is 3.01. The lowest BCUT2D eigenvalue weighted by Gasteiger charge is -2.10. The SMILES string of the molecule is C.COc1ncc(C(F)(F)F)c2cc(C=O)n(SF)c12. The van der Waals surface area contributed by atoms with E-state index in [0.717, 1.165) is 6.07 Å². The number of hydrogen-bond donors (Lipinski definition) is 0. The average Bonchev–Trinajstić information content (AvgIpc) is 2.74. The molecule has 9 heteroatoms. The van der Waals surface area contributed by atoms with Crippen molar-refractivity contribution in [1.29, 1.82) is 0 Å². The molecule has 2 aromatic rings. The summed E-state index contributed by atoms with van der Waals surface area (Å²) in [6, 6.07) is 0.946. The van der Waals surface area contributed by atoms with Crippen LogP contribution < -0.4 is 4.74 Å². The van der Waals surface area contributed by atoms with E-state index in [1.54, 1.807) is 0 Å². The molecule has 2 heterocycles. The molecule has 20 heavy (non-hydrogen) atoms. The van der Waals surface area contributed by atoms with E-state index in [2.05, 4.69) is 4.98 Å². The van der Waals surface area contributed by atoms with Gasteiger partial charge in [-0.05, 0) is 6.07 Å². The number of halogens is 4. The van der Waals surface area contributed by atoms with E-state index in [9.17, 15) is 21.9 Å². The predicted molar refractivity (Wildman–Crippen MR) is 67.5 cm³/mol. The van der Waals surface area contributed by atoms with Gasteiger partial charge in [0.1, 0.15) is 5.52 Å². The van der Waals surface area contributed by atoms with Crippen LogP contribution in [0.4, 0.5) is 17.1 Å². The molecule has 0 atom stereocenters. The monoisotopic (exact) mass is 310 g/mol. The lowest BCUT2D eigenvalue weighted by molar-refractivity contribution is -0.136. The largest absolute Gasteiger partial charge is 0.479 e. The van der Waals surface area contributed by atoms with Crippen molar-refractivity contribution < 1.29 is 26.6 Å². The van der Waals surface area contributed by atoms with Gasteiger partial charge in [0.25, 0.3) is 0 Å². The summed E-state index contributed by atoms with van der Waals surface area (Å²) >= 11 is -0.397. The lowest BCUT2D eigenvalue weighted by Crippen LogP contribution is -2.07. The highest BCUT2D eigenvalue weighted by Crippen LogP contribution is 2.39. The number of rotatable bonds is 3. The van der Waals surface area contributed by atoms with Crippen LogP contribution in [0.5, 0.6) is 5.88 Å². The molecule has 0 unspecified atom stereocenters. The number of ether oxygens (including phenoxy) is 1. The van der Waals surface area contributed by atoms with Crippen LogP contribution in [0.3, 0.4) is 0 Å². The Morgan fingerprint density at radius 2 is 2.10 bits per heavy atom. The molecule has 0 bridgehead atoms. The fourth-order valence-electron chi connectivity index (χ4n) is 1.71. The van der Waals surface area contributed by atoms with Crippen LogP contribution >= 0.6 is 12.3 Å². The van der Waals surface area contributed by atoms with Gasteiger partial charge in [0.05, 0.1) is 18.4 Å². The van der Waals surface area contributed by atoms with Gasteiger partial charge in [0, 0.05) is 11.6 Å². The van der Waals surface area contributed by atoms with Crippen LogP contribution in [-0.4, -0.2) is 22.4 Å². The van der Waals surface area contributed by atoms with Crippen LogP contribution in [-0.2, 0) is 6.18 Å². The Morgan fingerprint density at radius 1 is 1.45 bits per heavy atom. The van der Waals surface area contributed by atoms with Crippen LogP contribution in [0.25, 0.3) is 10.9 Å². The predicted octanol–water partition coefficient (Wildman–Crippen LogP) is 3.89. The van der Waals surface area contributed by atoms with E-state index < -0.39 is 24.1 Å². The molecule has 0 radical (unpaired) electrons. The number of pyridine rings is 1. The number of nitrogens with zero attached hydrogens (tertiary/aromatic N) is 2. The van der Waals surface area contributed by atoms with Crippen LogP contribution in [0.1, 0.15) is 23.5 Å². The standard InChI is InChI=1S/C10H6F4N2O2S.CH4/c1-18-9-8-6(2-5(4-17)16(8)19-14)7(3-15-9)10(11,12)13;/h2-4H,1H3;1H4. The first-order chi connectivity index (χ1) is 8.93. The molecule has 2 rings (SSSR count). The van der Waals surface area contributed by atoms with Crippen molar-refractivity contribution in [3.63, 3.8) is 0 Å². The van der Waals surface area contributed by atoms with Gasteiger partial charge in [-0.3, -0.25) is 4.79 Å². The highest BCUT2D eigenvalue weighted by molar-refractivity contribution is 7.93.